The molecule has 0 saturated heterocycles. The van der Waals surface area contributed by atoms with Crippen molar-refractivity contribution in [1.29, 1.82) is 0 Å². The van der Waals surface area contributed by atoms with Crippen LogP contribution in [-0.4, -0.2) is 11.9 Å². The molecule has 0 fully saturated rings. The van der Waals surface area contributed by atoms with Crippen molar-refractivity contribution in [3.63, 3.8) is 0 Å². The van der Waals surface area contributed by atoms with E-state index in [1.54, 1.807) is 17.4 Å². The molecular weight excluding hydrogens is 354 g/mol. The van der Waals surface area contributed by atoms with Crippen molar-refractivity contribution in [3.05, 3.63) is 50.1 Å². The summed E-state index contributed by atoms with van der Waals surface area (Å²) in [5.41, 5.74) is 0.603. The van der Waals surface area contributed by atoms with Gasteiger partial charge in [-0.05, 0) is 44.2 Å². The first kappa shape index (κ1) is 15.6. The number of thiophene rings is 1. The summed E-state index contributed by atoms with van der Waals surface area (Å²) in [6, 6.07) is 9.77. The standard InChI is InChI=1S/C15H16BrNOS2/c1-9(7-12-5-3-10(2)20-12)17-15(18)13-6-4-11(16)8-14(13)19/h3-6,8-9,19H,7H2,1-2H3,(H,17,18). The summed E-state index contributed by atoms with van der Waals surface area (Å²) in [4.78, 5) is 15.5. The van der Waals surface area contributed by atoms with E-state index in [0.717, 1.165) is 10.9 Å². The van der Waals surface area contributed by atoms with Crippen LogP contribution in [0.5, 0.6) is 0 Å². The largest absolute Gasteiger partial charge is 0.349 e. The fourth-order valence-electron chi connectivity index (χ4n) is 1.95. The monoisotopic (exact) mass is 369 g/mol. The minimum absolute atomic E-state index is 0.0803. The fourth-order valence-corrected chi connectivity index (χ4v) is 3.82. The zero-order valence-corrected chi connectivity index (χ0v) is 14.6. The first-order chi connectivity index (χ1) is 9.45. The average Bonchev–Trinajstić information content (AvgIpc) is 2.74. The highest BCUT2D eigenvalue weighted by molar-refractivity contribution is 9.10. The van der Waals surface area contributed by atoms with Crippen LogP contribution in [0.25, 0.3) is 0 Å². The Hall–Kier alpha value is -0.780. The minimum Gasteiger partial charge on any atom is -0.349 e. The van der Waals surface area contributed by atoms with Gasteiger partial charge in [0, 0.05) is 31.6 Å². The molecule has 0 aliphatic heterocycles. The lowest BCUT2D eigenvalue weighted by molar-refractivity contribution is 0.0937. The number of rotatable bonds is 4. The zero-order chi connectivity index (χ0) is 14.7. The van der Waals surface area contributed by atoms with E-state index in [0.29, 0.717) is 10.5 Å². The summed E-state index contributed by atoms with van der Waals surface area (Å²) in [5, 5.41) is 3.02. The van der Waals surface area contributed by atoms with Crippen molar-refractivity contribution in [2.45, 2.75) is 31.2 Å². The second-order valence-corrected chi connectivity index (χ2v) is 7.52. The molecule has 1 heterocycles. The van der Waals surface area contributed by atoms with Crippen LogP contribution >= 0.6 is 39.9 Å². The topological polar surface area (TPSA) is 29.1 Å². The Morgan fingerprint density at radius 1 is 1.40 bits per heavy atom. The van der Waals surface area contributed by atoms with Gasteiger partial charge in [0.2, 0.25) is 0 Å². The third-order valence-corrected chi connectivity index (χ3v) is 4.77. The van der Waals surface area contributed by atoms with Crippen molar-refractivity contribution in [3.8, 4) is 0 Å². The van der Waals surface area contributed by atoms with Crippen molar-refractivity contribution >= 4 is 45.8 Å². The number of carbonyl (C=O) groups is 1. The molecule has 2 rings (SSSR count). The molecule has 1 aromatic carbocycles. The molecule has 2 nitrogen and oxygen atoms in total. The van der Waals surface area contributed by atoms with Crippen LogP contribution in [-0.2, 0) is 6.42 Å². The van der Waals surface area contributed by atoms with Crippen LogP contribution in [0.4, 0.5) is 0 Å². The van der Waals surface area contributed by atoms with Gasteiger partial charge in [-0.1, -0.05) is 15.9 Å². The molecule has 1 unspecified atom stereocenters. The quantitative estimate of drug-likeness (QED) is 0.764. The molecule has 0 saturated carbocycles. The Kier molecular flexibility index (Phi) is 5.29. The number of benzene rings is 1. The lowest BCUT2D eigenvalue weighted by Gasteiger charge is -2.14. The summed E-state index contributed by atoms with van der Waals surface area (Å²) < 4.78 is 0.918. The van der Waals surface area contributed by atoms with Crippen molar-refractivity contribution in [2.24, 2.45) is 0 Å². The Bertz CT molecular complexity index is 624. The maximum absolute atomic E-state index is 12.2. The SMILES string of the molecule is Cc1ccc(CC(C)NC(=O)c2ccc(Br)cc2S)s1. The average molecular weight is 370 g/mol. The molecule has 0 bridgehead atoms. The Balaban J connectivity index is 2.00. The maximum atomic E-state index is 12.2. The number of thiol groups is 1. The van der Waals surface area contributed by atoms with E-state index >= 15 is 0 Å². The van der Waals surface area contributed by atoms with E-state index < -0.39 is 0 Å². The van der Waals surface area contributed by atoms with Crippen molar-refractivity contribution < 1.29 is 4.79 Å². The molecule has 2 aromatic rings. The second kappa shape index (κ2) is 6.78. The lowest BCUT2D eigenvalue weighted by Crippen LogP contribution is -2.34. The third kappa shape index (κ3) is 4.11. The van der Waals surface area contributed by atoms with E-state index in [-0.39, 0.29) is 11.9 Å². The number of hydrogen-bond donors (Lipinski definition) is 2. The summed E-state index contributed by atoms with van der Waals surface area (Å²) in [7, 11) is 0. The number of hydrogen-bond acceptors (Lipinski definition) is 3. The van der Waals surface area contributed by atoms with E-state index in [1.165, 1.54) is 9.75 Å². The van der Waals surface area contributed by atoms with E-state index in [2.05, 4.69) is 52.9 Å². The Morgan fingerprint density at radius 2 is 2.15 bits per heavy atom. The number of amides is 1. The van der Waals surface area contributed by atoms with Crippen molar-refractivity contribution in [1.82, 2.24) is 5.32 Å². The van der Waals surface area contributed by atoms with Crippen molar-refractivity contribution in [2.75, 3.05) is 0 Å². The lowest BCUT2D eigenvalue weighted by atomic mass is 10.1. The van der Waals surface area contributed by atoms with Gasteiger partial charge in [0.25, 0.3) is 5.91 Å². The predicted molar refractivity (Wildman–Crippen MR) is 91.1 cm³/mol. The molecular formula is C15H16BrNOS2. The van der Waals surface area contributed by atoms with Gasteiger partial charge in [-0.2, -0.15) is 0 Å². The molecule has 0 radical (unpaired) electrons. The molecule has 1 aromatic heterocycles. The van der Waals surface area contributed by atoms with Gasteiger partial charge in [-0.25, -0.2) is 0 Å². The highest BCUT2D eigenvalue weighted by Crippen LogP contribution is 2.20. The Labute approximate surface area is 137 Å². The summed E-state index contributed by atoms with van der Waals surface area (Å²) in [6.07, 6.45) is 0.850. The normalized spacial score (nSPS) is 12.2. The first-order valence-electron chi connectivity index (χ1n) is 6.30. The molecule has 1 N–H and O–H groups in total. The van der Waals surface area contributed by atoms with E-state index in [4.69, 9.17) is 0 Å². The van der Waals surface area contributed by atoms with Crippen LogP contribution in [0.1, 0.15) is 27.0 Å². The molecule has 1 atom stereocenters. The zero-order valence-electron chi connectivity index (χ0n) is 11.3. The van der Waals surface area contributed by atoms with Gasteiger partial charge in [0.05, 0.1) is 5.56 Å². The molecule has 20 heavy (non-hydrogen) atoms. The summed E-state index contributed by atoms with van der Waals surface area (Å²) in [6.45, 7) is 4.11. The fraction of sp³-hybridized carbons (Fsp3) is 0.267. The van der Waals surface area contributed by atoms with Gasteiger partial charge < -0.3 is 5.32 Å². The maximum Gasteiger partial charge on any atom is 0.252 e. The van der Waals surface area contributed by atoms with Gasteiger partial charge in [-0.3, -0.25) is 4.79 Å². The van der Waals surface area contributed by atoms with Gasteiger partial charge in [0.1, 0.15) is 0 Å². The van der Waals surface area contributed by atoms with Crippen LogP contribution < -0.4 is 5.32 Å². The second-order valence-electron chi connectivity index (χ2n) is 4.75. The highest BCUT2D eigenvalue weighted by Gasteiger charge is 2.13. The molecule has 1 amide bonds. The number of carbonyl (C=O) groups excluding carboxylic acids is 1. The molecule has 0 aliphatic rings. The summed E-state index contributed by atoms with van der Waals surface area (Å²) in [5.74, 6) is -0.0803. The first-order valence-corrected chi connectivity index (χ1v) is 8.36. The Morgan fingerprint density at radius 3 is 2.75 bits per heavy atom. The number of nitrogens with one attached hydrogen (secondary N) is 1. The van der Waals surface area contributed by atoms with Crippen LogP contribution in [0, 0.1) is 6.92 Å². The molecule has 106 valence electrons. The molecule has 5 heteroatoms. The minimum atomic E-state index is -0.0803. The van der Waals surface area contributed by atoms with E-state index in [9.17, 15) is 4.79 Å². The van der Waals surface area contributed by atoms with Gasteiger partial charge in [0.15, 0.2) is 0 Å². The summed E-state index contributed by atoms with van der Waals surface area (Å²) >= 11 is 9.48. The van der Waals surface area contributed by atoms with Gasteiger partial charge in [-0.15, -0.1) is 24.0 Å². The van der Waals surface area contributed by atoms with Gasteiger partial charge >= 0.3 is 0 Å². The predicted octanol–water partition coefficient (Wildman–Crippen LogP) is 4.47. The molecule has 0 aliphatic carbocycles. The highest BCUT2D eigenvalue weighted by atomic mass is 79.9. The van der Waals surface area contributed by atoms with Crippen LogP contribution in [0.2, 0.25) is 0 Å². The van der Waals surface area contributed by atoms with Crippen LogP contribution in [0.3, 0.4) is 0 Å². The molecule has 0 spiro atoms. The van der Waals surface area contributed by atoms with Crippen LogP contribution in [0.15, 0.2) is 39.7 Å². The smallest absolute Gasteiger partial charge is 0.252 e. The number of aryl methyl sites for hydroxylation is 1. The van der Waals surface area contributed by atoms with E-state index in [1.807, 2.05) is 19.1 Å². The number of halogens is 1. The third-order valence-electron chi connectivity index (χ3n) is 2.89.